The first-order valence-corrected chi connectivity index (χ1v) is 7.98. The van der Waals surface area contributed by atoms with Gasteiger partial charge in [0.1, 0.15) is 18.2 Å². The Hall–Kier alpha value is -2.41. The van der Waals surface area contributed by atoms with Gasteiger partial charge < -0.3 is 9.84 Å². The van der Waals surface area contributed by atoms with Gasteiger partial charge in [-0.25, -0.2) is 4.39 Å². The Morgan fingerprint density at radius 3 is 2.83 bits per heavy atom. The minimum absolute atomic E-state index is 0.103. The first-order chi connectivity index (χ1) is 11.6. The second-order valence-electron chi connectivity index (χ2n) is 5.82. The summed E-state index contributed by atoms with van der Waals surface area (Å²) in [5, 5.41) is 13.2. The molecule has 1 aliphatic rings. The Kier molecular flexibility index (Phi) is 5.10. The number of carboxylic acid groups (broad SMARTS) is 1. The SMILES string of the molecule is O=C(O)CCc1cc2n(n1)CCN(CCOc1ccc(F)cc1)C2. The molecule has 1 aromatic heterocycles. The van der Waals surface area contributed by atoms with Gasteiger partial charge in [-0.3, -0.25) is 14.4 Å². The minimum Gasteiger partial charge on any atom is -0.492 e. The monoisotopic (exact) mass is 333 g/mol. The molecule has 0 atom stereocenters. The molecule has 0 aliphatic carbocycles. The van der Waals surface area contributed by atoms with E-state index in [1.807, 2.05) is 10.7 Å². The van der Waals surface area contributed by atoms with Crippen molar-refractivity contribution < 1.29 is 19.0 Å². The molecule has 6 nitrogen and oxygen atoms in total. The molecule has 2 aromatic rings. The number of aliphatic carboxylic acids is 1. The van der Waals surface area contributed by atoms with Gasteiger partial charge in [-0.15, -0.1) is 0 Å². The Bertz CT molecular complexity index is 700. The fourth-order valence-corrected chi connectivity index (χ4v) is 2.75. The number of fused-ring (bicyclic) bond motifs is 1. The number of nitrogens with zero attached hydrogens (tertiary/aromatic N) is 3. The third-order valence-corrected chi connectivity index (χ3v) is 4.01. The summed E-state index contributed by atoms with van der Waals surface area (Å²) in [6.07, 6.45) is 0.564. The number of ether oxygens (including phenoxy) is 1. The van der Waals surface area contributed by atoms with E-state index in [0.717, 1.165) is 37.6 Å². The Balaban J connectivity index is 1.48. The largest absolute Gasteiger partial charge is 0.492 e. The molecule has 0 saturated carbocycles. The summed E-state index contributed by atoms with van der Waals surface area (Å²) in [4.78, 5) is 12.9. The minimum atomic E-state index is -0.805. The van der Waals surface area contributed by atoms with Crippen molar-refractivity contribution in [1.82, 2.24) is 14.7 Å². The van der Waals surface area contributed by atoms with Gasteiger partial charge in [-0.2, -0.15) is 5.10 Å². The van der Waals surface area contributed by atoms with Crippen molar-refractivity contribution in [2.24, 2.45) is 0 Å². The van der Waals surface area contributed by atoms with Crippen molar-refractivity contribution >= 4 is 5.97 Å². The standard InChI is InChI=1S/C17H20FN3O3/c18-13-1-4-16(5-2-13)24-10-9-20-7-8-21-15(12-20)11-14(19-21)3-6-17(22)23/h1-2,4-5,11H,3,6-10,12H2,(H,22,23). The number of rotatable bonds is 7. The maximum absolute atomic E-state index is 12.8. The van der Waals surface area contributed by atoms with Crippen LogP contribution in [0.15, 0.2) is 30.3 Å². The van der Waals surface area contributed by atoms with Crippen LogP contribution in [0.4, 0.5) is 4.39 Å². The normalized spacial score (nSPS) is 14.4. The van der Waals surface area contributed by atoms with E-state index in [1.165, 1.54) is 12.1 Å². The van der Waals surface area contributed by atoms with Gasteiger partial charge in [-0.05, 0) is 30.3 Å². The zero-order valence-electron chi connectivity index (χ0n) is 13.3. The molecule has 0 amide bonds. The topological polar surface area (TPSA) is 67.6 Å². The van der Waals surface area contributed by atoms with Gasteiger partial charge in [0.25, 0.3) is 0 Å². The fraction of sp³-hybridized carbons (Fsp3) is 0.412. The predicted molar refractivity (Wildman–Crippen MR) is 85.4 cm³/mol. The molecule has 128 valence electrons. The van der Waals surface area contributed by atoms with Crippen LogP contribution >= 0.6 is 0 Å². The van der Waals surface area contributed by atoms with E-state index in [2.05, 4.69) is 10.00 Å². The lowest BCUT2D eigenvalue weighted by Crippen LogP contribution is -2.36. The van der Waals surface area contributed by atoms with Crippen LogP contribution in [0.5, 0.6) is 5.75 Å². The molecule has 0 fully saturated rings. The van der Waals surface area contributed by atoms with Crippen LogP contribution in [-0.2, 0) is 24.3 Å². The molecule has 2 heterocycles. The van der Waals surface area contributed by atoms with Crippen molar-refractivity contribution in [3.63, 3.8) is 0 Å². The molecular formula is C17H20FN3O3. The van der Waals surface area contributed by atoms with Crippen LogP contribution in [0.25, 0.3) is 0 Å². The van der Waals surface area contributed by atoms with Crippen molar-refractivity contribution in [1.29, 1.82) is 0 Å². The van der Waals surface area contributed by atoms with Gasteiger partial charge in [0.2, 0.25) is 0 Å². The van der Waals surface area contributed by atoms with Gasteiger partial charge in [0.05, 0.1) is 24.4 Å². The van der Waals surface area contributed by atoms with Crippen LogP contribution in [-0.4, -0.2) is 45.5 Å². The average molecular weight is 333 g/mol. The Morgan fingerprint density at radius 1 is 1.29 bits per heavy atom. The molecule has 0 spiro atoms. The van der Waals surface area contributed by atoms with Crippen LogP contribution in [0, 0.1) is 5.82 Å². The van der Waals surface area contributed by atoms with E-state index in [-0.39, 0.29) is 12.2 Å². The second-order valence-corrected chi connectivity index (χ2v) is 5.82. The highest BCUT2D eigenvalue weighted by Gasteiger charge is 2.18. The molecule has 0 radical (unpaired) electrons. The van der Waals surface area contributed by atoms with Crippen molar-refractivity contribution in [3.8, 4) is 5.75 Å². The molecular weight excluding hydrogens is 313 g/mol. The molecule has 0 bridgehead atoms. The number of benzene rings is 1. The van der Waals surface area contributed by atoms with Crippen LogP contribution in [0.3, 0.4) is 0 Å². The number of carboxylic acids is 1. The third-order valence-electron chi connectivity index (χ3n) is 4.01. The van der Waals surface area contributed by atoms with Gasteiger partial charge in [0, 0.05) is 26.1 Å². The summed E-state index contributed by atoms with van der Waals surface area (Å²) in [6, 6.07) is 7.99. The fourth-order valence-electron chi connectivity index (χ4n) is 2.75. The molecule has 0 saturated heterocycles. The first-order valence-electron chi connectivity index (χ1n) is 7.98. The molecule has 0 unspecified atom stereocenters. The lowest BCUT2D eigenvalue weighted by Gasteiger charge is -2.27. The molecule has 7 heteroatoms. The number of hydrogen-bond acceptors (Lipinski definition) is 4. The highest BCUT2D eigenvalue weighted by Crippen LogP contribution is 2.15. The molecule has 3 rings (SSSR count). The van der Waals surface area contributed by atoms with Gasteiger partial charge in [-0.1, -0.05) is 0 Å². The van der Waals surface area contributed by atoms with Crippen LogP contribution < -0.4 is 4.74 Å². The lowest BCUT2D eigenvalue weighted by molar-refractivity contribution is -0.136. The zero-order chi connectivity index (χ0) is 16.9. The van der Waals surface area contributed by atoms with Crippen molar-refractivity contribution in [3.05, 3.63) is 47.5 Å². The molecule has 1 aromatic carbocycles. The van der Waals surface area contributed by atoms with E-state index in [4.69, 9.17) is 9.84 Å². The number of halogens is 1. The smallest absolute Gasteiger partial charge is 0.303 e. The Morgan fingerprint density at radius 2 is 2.08 bits per heavy atom. The quantitative estimate of drug-likeness (QED) is 0.839. The Labute approximate surface area is 139 Å². The summed E-state index contributed by atoms with van der Waals surface area (Å²) in [7, 11) is 0. The summed E-state index contributed by atoms with van der Waals surface area (Å²) in [5.41, 5.74) is 1.93. The predicted octanol–water partition coefficient (Wildman–Crippen LogP) is 1.93. The van der Waals surface area contributed by atoms with E-state index < -0.39 is 5.97 Å². The summed E-state index contributed by atoms with van der Waals surface area (Å²) >= 11 is 0. The average Bonchev–Trinajstić information content (AvgIpc) is 2.97. The third kappa shape index (κ3) is 4.32. The molecule has 24 heavy (non-hydrogen) atoms. The lowest BCUT2D eigenvalue weighted by atomic mass is 10.2. The maximum Gasteiger partial charge on any atom is 0.303 e. The summed E-state index contributed by atoms with van der Waals surface area (Å²) in [5.74, 6) is -0.416. The number of aryl methyl sites for hydroxylation is 1. The summed E-state index contributed by atoms with van der Waals surface area (Å²) < 4.78 is 20.4. The maximum atomic E-state index is 12.8. The number of hydrogen-bond donors (Lipinski definition) is 1. The first kappa shape index (κ1) is 16.4. The van der Waals surface area contributed by atoms with E-state index in [1.54, 1.807) is 12.1 Å². The van der Waals surface area contributed by atoms with Crippen LogP contribution in [0.1, 0.15) is 17.8 Å². The van der Waals surface area contributed by atoms with E-state index in [9.17, 15) is 9.18 Å². The van der Waals surface area contributed by atoms with E-state index in [0.29, 0.717) is 18.8 Å². The van der Waals surface area contributed by atoms with Crippen LogP contribution in [0.2, 0.25) is 0 Å². The molecule has 1 N–H and O–H groups in total. The highest BCUT2D eigenvalue weighted by molar-refractivity contribution is 5.66. The van der Waals surface area contributed by atoms with E-state index >= 15 is 0 Å². The van der Waals surface area contributed by atoms with Gasteiger partial charge in [0.15, 0.2) is 0 Å². The number of carbonyl (C=O) groups is 1. The van der Waals surface area contributed by atoms with Gasteiger partial charge >= 0.3 is 5.97 Å². The van der Waals surface area contributed by atoms with Crippen molar-refractivity contribution in [2.45, 2.75) is 25.9 Å². The second kappa shape index (κ2) is 7.44. The number of aromatic nitrogens is 2. The zero-order valence-corrected chi connectivity index (χ0v) is 13.3. The molecule has 1 aliphatic heterocycles. The van der Waals surface area contributed by atoms with Crippen molar-refractivity contribution in [2.75, 3.05) is 19.7 Å². The highest BCUT2D eigenvalue weighted by atomic mass is 19.1. The summed E-state index contributed by atoms with van der Waals surface area (Å²) in [6.45, 7) is 3.74.